The van der Waals surface area contributed by atoms with Crippen molar-refractivity contribution < 1.29 is 0 Å². The van der Waals surface area contributed by atoms with Gasteiger partial charge < -0.3 is 5.32 Å². The molecule has 1 aromatic heterocycles. The molecule has 1 aliphatic carbocycles. The Morgan fingerprint density at radius 1 is 1.50 bits per heavy atom. The van der Waals surface area contributed by atoms with Crippen LogP contribution < -0.4 is 5.32 Å². The number of aromatic nitrogens is 3. The standard InChI is InChI=1S/C9H16N4S/c1-10-7-4-2-3-5-8(7)14-9-11-6-12-13-9/h6-8,10H,2-5H2,1H3,(H,11,12,13). The maximum atomic E-state index is 4.15. The quantitative estimate of drug-likeness (QED) is 0.796. The summed E-state index contributed by atoms with van der Waals surface area (Å²) in [6, 6.07) is 0.624. The first-order valence-electron chi connectivity index (χ1n) is 5.09. The third-order valence-electron chi connectivity index (χ3n) is 2.73. The predicted octanol–water partition coefficient (Wildman–Crippen LogP) is 1.43. The van der Waals surface area contributed by atoms with E-state index in [-0.39, 0.29) is 0 Å². The Morgan fingerprint density at radius 2 is 2.36 bits per heavy atom. The van der Waals surface area contributed by atoms with Gasteiger partial charge in [0, 0.05) is 11.3 Å². The van der Waals surface area contributed by atoms with Crippen molar-refractivity contribution in [2.75, 3.05) is 7.05 Å². The molecule has 0 amide bonds. The highest BCUT2D eigenvalue weighted by atomic mass is 32.2. The molecular weight excluding hydrogens is 196 g/mol. The fourth-order valence-electron chi connectivity index (χ4n) is 1.96. The minimum atomic E-state index is 0.624. The molecule has 1 aromatic rings. The van der Waals surface area contributed by atoms with Crippen LogP contribution in [0.2, 0.25) is 0 Å². The topological polar surface area (TPSA) is 53.6 Å². The lowest BCUT2D eigenvalue weighted by atomic mass is 9.95. The predicted molar refractivity (Wildman–Crippen MR) is 57.3 cm³/mol. The van der Waals surface area contributed by atoms with Crippen LogP contribution in [0.1, 0.15) is 25.7 Å². The SMILES string of the molecule is CNC1CCCCC1Sc1ncn[nH]1. The molecule has 78 valence electrons. The number of nitrogens with zero attached hydrogens (tertiary/aromatic N) is 2. The number of hydrogen-bond donors (Lipinski definition) is 2. The van der Waals surface area contributed by atoms with Gasteiger partial charge in [0.25, 0.3) is 0 Å². The Bertz CT molecular complexity index is 262. The smallest absolute Gasteiger partial charge is 0.183 e. The summed E-state index contributed by atoms with van der Waals surface area (Å²) in [5.41, 5.74) is 0. The highest BCUT2D eigenvalue weighted by molar-refractivity contribution is 7.99. The van der Waals surface area contributed by atoms with Crippen LogP contribution in [0.5, 0.6) is 0 Å². The Morgan fingerprint density at radius 3 is 3.07 bits per heavy atom. The van der Waals surface area contributed by atoms with Gasteiger partial charge in [0.05, 0.1) is 0 Å². The maximum Gasteiger partial charge on any atom is 0.183 e. The zero-order valence-electron chi connectivity index (χ0n) is 8.36. The van der Waals surface area contributed by atoms with E-state index < -0.39 is 0 Å². The summed E-state index contributed by atoms with van der Waals surface area (Å²) in [7, 11) is 2.05. The van der Waals surface area contributed by atoms with Crippen LogP contribution in [0.4, 0.5) is 0 Å². The first kappa shape index (κ1) is 9.98. The molecule has 0 saturated heterocycles. The fraction of sp³-hybridized carbons (Fsp3) is 0.778. The van der Waals surface area contributed by atoms with Crippen molar-refractivity contribution in [3.05, 3.63) is 6.33 Å². The molecule has 2 rings (SSSR count). The van der Waals surface area contributed by atoms with Gasteiger partial charge in [0.15, 0.2) is 5.16 Å². The number of nitrogens with one attached hydrogen (secondary N) is 2. The van der Waals surface area contributed by atoms with Crippen LogP contribution in [-0.2, 0) is 0 Å². The summed E-state index contributed by atoms with van der Waals surface area (Å²) < 4.78 is 0. The molecule has 2 atom stereocenters. The van der Waals surface area contributed by atoms with E-state index in [2.05, 4.69) is 20.5 Å². The van der Waals surface area contributed by atoms with Crippen LogP contribution >= 0.6 is 11.8 Å². The second kappa shape index (κ2) is 4.79. The first-order valence-corrected chi connectivity index (χ1v) is 5.97. The molecule has 1 saturated carbocycles. The molecule has 0 radical (unpaired) electrons. The fourth-order valence-corrected chi connectivity index (χ4v) is 3.18. The molecular formula is C9H16N4S. The average Bonchev–Trinajstić information content (AvgIpc) is 2.71. The second-order valence-corrected chi connectivity index (χ2v) is 4.85. The normalized spacial score (nSPS) is 27.8. The van der Waals surface area contributed by atoms with Crippen LogP contribution in [0.15, 0.2) is 11.5 Å². The van der Waals surface area contributed by atoms with E-state index in [0.717, 1.165) is 5.16 Å². The maximum absolute atomic E-state index is 4.15. The van der Waals surface area contributed by atoms with E-state index >= 15 is 0 Å². The van der Waals surface area contributed by atoms with Gasteiger partial charge in [0.2, 0.25) is 0 Å². The van der Waals surface area contributed by atoms with Crippen LogP contribution in [0, 0.1) is 0 Å². The summed E-state index contributed by atoms with van der Waals surface area (Å²) in [4.78, 5) is 4.15. The number of H-pyrrole nitrogens is 1. The Labute approximate surface area is 88.3 Å². The molecule has 14 heavy (non-hydrogen) atoms. The van der Waals surface area contributed by atoms with Gasteiger partial charge in [-0.2, -0.15) is 5.10 Å². The first-order chi connectivity index (χ1) is 6.90. The summed E-state index contributed by atoms with van der Waals surface area (Å²) in [6.07, 6.45) is 6.81. The summed E-state index contributed by atoms with van der Waals surface area (Å²) in [6.45, 7) is 0. The molecule has 0 bridgehead atoms. The molecule has 1 heterocycles. The largest absolute Gasteiger partial charge is 0.316 e. The number of aromatic amines is 1. The van der Waals surface area contributed by atoms with Gasteiger partial charge >= 0.3 is 0 Å². The van der Waals surface area contributed by atoms with E-state index in [9.17, 15) is 0 Å². The van der Waals surface area contributed by atoms with Crippen molar-refractivity contribution in [3.63, 3.8) is 0 Å². The zero-order valence-corrected chi connectivity index (χ0v) is 9.18. The summed E-state index contributed by atoms with van der Waals surface area (Å²) in [5.74, 6) is 0. The van der Waals surface area contributed by atoms with Crippen molar-refractivity contribution in [1.29, 1.82) is 0 Å². The number of thioether (sulfide) groups is 1. The molecule has 1 fully saturated rings. The van der Waals surface area contributed by atoms with E-state index in [0.29, 0.717) is 11.3 Å². The van der Waals surface area contributed by atoms with Crippen molar-refractivity contribution in [3.8, 4) is 0 Å². The monoisotopic (exact) mass is 212 g/mol. The van der Waals surface area contributed by atoms with E-state index in [4.69, 9.17) is 0 Å². The van der Waals surface area contributed by atoms with Crippen LogP contribution in [0.25, 0.3) is 0 Å². The summed E-state index contributed by atoms with van der Waals surface area (Å²) >= 11 is 1.81. The van der Waals surface area contributed by atoms with E-state index in [1.165, 1.54) is 25.7 Å². The van der Waals surface area contributed by atoms with Crippen molar-refractivity contribution in [2.45, 2.75) is 42.1 Å². The minimum Gasteiger partial charge on any atom is -0.316 e. The third-order valence-corrected chi connectivity index (χ3v) is 4.02. The van der Waals surface area contributed by atoms with Crippen molar-refractivity contribution in [2.24, 2.45) is 0 Å². The van der Waals surface area contributed by atoms with Gasteiger partial charge in [-0.25, -0.2) is 4.98 Å². The van der Waals surface area contributed by atoms with Gasteiger partial charge in [-0.05, 0) is 19.9 Å². The Kier molecular flexibility index (Phi) is 3.42. The molecule has 0 aromatic carbocycles. The molecule has 1 aliphatic rings. The molecule has 0 aliphatic heterocycles. The van der Waals surface area contributed by atoms with Gasteiger partial charge in [-0.15, -0.1) is 0 Å². The molecule has 5 heteroatoms. The zero-order chi connectivity index (χ0) is 9.80. The lowest BCUT2D eigenvalue weighted by Crippen LogP contribution is -2.38. The molecule has 0 spiro atoms. The van der Waals surface area contributed by atoms with Gasteiger partial charge in [-0.3, -0.25) is 5.10 Å². The van der Waals surface area contributed by atoms with E-state index in [1.54, 1.807) is 6.33 Å². The highest BCUT2D eigenvalue weighted by Crippen LogP contribution is 2.31. The highest BCUT2D eigenvalue weighted by Gasteiger charge is 2.25. The number of hydrogen-bond acceptors (Lipinski definition) is 4. The lowest BCUT2D eigenvalue weighted by Gasteiger charge is -2.29. The van der Waals surface area contributed by atoms with Crippen molar-refractivity contribution >= 4 is 11.8 Å². The lowest BCUT2D eigenvalue weighted by molar-refractivity contribution is 0.405. The second-order valence-electron chi connectivity index (χ2n) is 3.63. The third kappa shape index (κ3) is 2.27. The Balaban J connectivity index is 1.94. The molecule has 4 nitrogen and oxygen atoms in total. The van der Waals surface area contributed by atoms with Crippen LogP contribution in [0.3, 0.4) is 0 Å². The Hall–Kier alpha value is -0.550. The van der Waals surface area contributed by atoms with Crippen molar-refractivity contribution in [1.82, 2.24) is 20.5 Å². The van der Waals surface area contributed by atoms with Crippen LogP contribution in [-0.4, -0.2) is 33.5 Å². The van der Waals surface area contributed by atoms with Gasteiger partial charge in [-0.1, -0.05) is 24.6 Å². The summed E-state index contributed by atoms with van der Waals surface area (Å²) in [5, 5.41) is 11.7. The minimum absolute atomic E-state index is 0.624. The number of rotatable bonds is 3. The average molecular weight is 212 g/mol. The molecule has 2 N–H and O–H groups in total. The van der Waals surface area contributed by atoms with E-state index in [1.807, 2.05) is 18.8 Å². The molecule has 2 unspecified atom stereocenters. The van der Waals surface area contributed by atoms with Gasteiger partial charge in [0.1, 0.15) is 6.33 Å².